The molecule has 1 N–H and O–H groups in total. The van der Waals surface area contributed by atoms with Crippen molar-refractivity contribution in [1.29, 1.82) is 0 Å². The first-order chi connectivity index (χ1) is 9.13. The molecule has 0 radical (unpaired) electrons. The van der Waals surface area contributed by atoms with Crippen molar-refractivity contribution in [3.63, 3.8) is 0 Å². The highest BCUT2D eigenvalue weighted by Gasteiger charge is 2.43. The summed E-state index contributed by atoms with van der Waals surface area (Å²) in [6.45, 7) is 4.25. The molecule has 1 aromatic carbocycles. The zero-order chi connectivity index (χ0) is 13.5. The Hall–Kier alpha value is -1.06. The van der Waals surface area contributed by atoms with Crippen molar-refractivity contribution in [2.45, 2.75) is 37.8 Å². The van der Waals surface area contributed by atoms with Gasteiger partial charge in [-0.25, -0.2) is 0 Å². The van der Waals surface area contributed by atoms with E-state index in [2.05, 4.69) is 49.4 Å². The molecule has 1 spiro atoms. The molecular weight excluding hydrogens is 236 g/mol. The Bertz CT molecular complexity index is 464. The molecule has 2 aliphatic heterocycles. The van der Waals surface area contributed by atoms with E-state index < -0.39 is 0 Å². The first-order valence-electron chi connectivity index (χ1n) is 7.32. The quantitative estimate of drug-likeness (QED) is 0.883. The fourth-order valence-electron chi connectivity index (χ4n) is 3.34. The number of hydrogen-bond acceptors (Lipinski definition) is 3. The second-order valence-corrected chi connectivity index (χ2v) is 6.12. The summed E-state index contributed by atoms with van der Waals surface area (Å²) in [4.78, 5) is 2.33. The average Bonchev–Trinajstić information content (AvgIpc) is 2.84. The Labute approximate surface area is 115 Å². The second kappa shape index (κ2) is 4.80. The molecule has 1 saturated heterocycles. The molecule has 2 unspecified atom stereocenters. The Morgan fingerprint density at radius 1 is 1.42 bits per heavy atom. The Morgan fingerprint density at radius 2 is 2.26 bits per heavy atom. The Balaban J connectivity index is 2.01. The van der Waals surface area contributed by atoms with E-state index >= 15 is 0 Å². The highest BCUT2D eigenvalue weighted by atomic mass is 16.5. The molecule has 0 bridgehead atoms. The molecule has 3 heteroatoms. The maximum atomic E-state index is 6.41. The number of nitrogens with one attached hydrogen (secondary N) is 1. The molecule has 3 nitrogen and oxygen atoms in total. The van der Waals surface area contributed by atoms with Crippen LogP contribution in [0.5, 0.6) is 5.75 Å². The highest BCUT2D eigenvalue weighted by Crippen LogP contribution is 2.44. The standard InChI is InChI=1S/C16H24N2O/c1-4-12-5-6-13-14(18(2)3)10-16(7-8-17-11-16)19-15(13)9-12/h5-6,9,14,17H,4,7-8,10-11H2,1-3H3. The smallest absolute Gasteiger partial charge is 0.125 e. The molecule has 1 fully saturated rings. The van der Waals surface area contributed by atoms with Crippen molar-refractivity contribution in [3.8, 4) is 5.75 Å². The van der Waals surface area contributed by atoms with Gasteiger partial charge in [0.15, 0.2) is 0 Å². The van der Waals surface area contributed by atoms with Crippen molar-refractivity contribution < 1.29 is 4.74 Å². The van der Waals surface area contributed by atoms with Gasteiger partial charge in [0, 0.05) is 31.0 Å². The van der Waals surface area contributed by atoms with Crippen molar-refractivity contribution >= 4 is 0 Å². The minimum absolute atomic E-state index is 0.00824. The van der Waals surface area contributed by atoms with Crippen LogP contribution in [0.1, 0.15) is 36.9 Å². The van der Waals surface area contributed by atoms with Crippen LogP contribution in [0, 0.1) is 0 Å². The van der Waals surface area contributed by atoms with Gasteiger partial charge >= 0.3 is 0 Å². The van der Waals surface area contributed by atoms with Crippen LogP contribution in [0.3, 0.4) is 0 Å². The summed E-state index contributed by atoms with van der Waals surface area (Å²) in [7, 11) is 4.34. The summed E-state index contributed by atoms with van der Waals surface area (Å²) < 4.78 is 6.41. The van der Waals surface area contributed by atoms with Gasteiger partial charge in [0.25, 0.3) is 0 Å². The fourth-order valence-corrected chi connectivity index (χ4v) is 3.34. The predicted molar refractivity (Wildman–Crippen MR) is 77.7 cm³/mol. The Kier molecular flexibility index (Phi) is 3.27. The number of rotatable bonds is 2. The molecule has 104 valence electrons. The molecule has 2 heterocycles. The van der Waals surface area contributed by atoms with E-state index in [0.29, 0.717) is 6.04 Å². The third-order valence-corrected chi connectivity index (χ3v) is 4.56. The van der Waals surface area contributed by atoms with Crippen LogP contribution >= 0.6 is 0 Å². The number of benzene rings is 1. The summed E-state index contributed by atoms with van der Waals surface area (Å²) in [6, 6.07) is 7.21. The summed E-state index contributed by atoms with van der Waals surface area (Å²) >= 11 is 0. The van der Waals surface area contributed by atoms with Gasteiger partial charge in [0.1, 0.15) is 11.4 Å². The minimum atomic E-state index is 0.00824. The monoisotopic (exact) mass is 260 g/mol. The predicted octanol–water partition coefficient (Wildman–Crippen LogP) is 2.37. The van der Waals surface area contributed by atoms with Gasteiger partial charge in [0.2, 0.25) is 0 Å². The van der Waals surface area contributed by atoms with E-state index in [1.165, 1.54) is 11.1 Å². The normalized spacial score (nSPS) is 29.6. The molecule has 0 aliphatic carbocycles. The number of fused-ring (bicyclic) bond motifs is 1. The molecule has 0 aromatic heterocycles. The van der Waals surface area contributed by atoms with E-state index in [-0.39, 0.29) is 5.60 Å². The zero-order valence-electron chi connectivity index (χ0n) is 12.2. The van der Waals surface area contributed by atoms with E-state index in [1.54, 1.807) is 0 Å². The molecule has 3 rings (SSSR count). The van der Waals surface area contributed by atoms with Gasteiger partial charge in [0.05, 0.1) is 0 Å². The third-order valence-electron chi connectivity index (χ3n) is 4.56. The van der Waals surface area contributed by atoms with Gasteiger partial charge in [-0.1, -0.05) is 19.1 Å². The Morgan fingerprint density at radius 3 is 2.89 bits per heavy atom. The number of hydrogen-bond donors (Lipinski definition) is 1. The summed E-state index contributed by atoms with van der Waals surface area (Å²) in [5, 5.41) is 3.46. The van der Waals surface area contributed by atoms with Gasteiger partial charge in [-0.3, -0.25) is 0 Å². The maximum Gasteiger partial charge on any atom is 0.125 e. The average molecular weight is 260 g/mol. The first kappa shape index (κ1) is 12.9. The largest absolute Gasteiger partial charge is 0.485 e. The number of nitrogens with zero attached hydrogens (tertiary/aromatic N) is 1. The lowest BCUT2D eigenvalue weighted by molar-refractivity contribution is 0.0288. The fraction of sp³-hybridized carbons (Fsp3) is 0.625. The minimum Gasteiger partial charge on any atom is -0.485 e. The van der Waals surface area contributed by atoms with E-state index in [4.69, 9.17) is 4.74 Å². The van der Waals surface area contributed by atoms with E-state index in [0.717, 1.165) is 38.1 Å². The van der Waals surface area contributed by atoms with Crippen LogP contribution in [0.25, 0.3) is 0 Å². The van der Waals surface area contributed by atoms with E-state index in [1.807, 2.05) is 0 Å². The third kappa shape index (κ3) is 2.26. The van der Waals surface area contributed by atoms with Crippen LogP contribution in [-0.4, -0.2) is 37.7 Å². The van der Waals surface area contributed by atoms with Crippen molar-refractivity contribution in [3.05, 3.63) is 29.3 Å². The van der Waals surface area contributed by atoms with Gasteiger partial charge in [-0.05, 0) is 38.7 Å². The molecule has 2 aliphatic rings. The number of aryl methyl sites for hydroxylation is 1. The van der Waals surface area contributed by atoms with E-state index in [9.17, 15) is 0 Å². The first-order valence-corrected chi connectivity index (χ1v) is 7.32. The second-order valence-electron chi connectivity index (χ2n) is 6.12. The van der Waals surface area contributed by atoms with Crippen LogP contribution in [0.2, 0.25) is 0 Å². The van der Waals surface area contributed by atoms with Crippen LogP contribution in [0.4, 0.5) is 0 Å². The zero-order valence-corrected chi connectivity index (χ0v) is 12.2. The molecule has 19 heavy (non-hydrogen) atoms. The highest BCUT2D eigenvalue weighted by molar-refractivity contribution is 5.42. The SMILES string of the molecule is CCc1ccc2c(c1)OC1(CCNC1)CC2N(C)C. The van der Waals surface area contributed by atoms with Crippen molar-refractivity contribution in [2.24, 2.45) is 0 Å². The molecule has 0 amide bonds. The summed E-state index contributed by atoms with van der Waals surface area (Å²) in [5.74, 6) is 1.10. The van der Waals surface area contributed by atoms with Gasteiger partial charge in [-0.2, -0.15) is 0 Å². The topological polar surface area (TPSA) is 24.5 Å². The lowest BCUT2D eigenvalue weighted by Gasteiger charge is -2.42. The van der Waals surface area contributed by atoms with Gasteiger partial charge < -0.3 is 15.0 Å². The molecule has 1 aromatic rings. The molecular formula is C16H24N2O. The van der Waals surface area contributed by atoms with Gasteiger partial charge in [-0.15, -0.1) is 0 Å². The van der Waals surface area contributed by atoms with Crippen LogP contribution in [-0.2, 0) is 6.42 Å². The van der Waals surface area contributed by atoms with Crippen molar-refractivity contribution in [2.75, 3.05) is 27.2 Å². The molecule has 2 atom stereocenters. The van der Waals surface area contributed by atoms with Crippen LogP contribution < -0.4 is 10.1 Å². The van der Waals surface area contributed by atoms with Crippen LogP contribution in [0.15, 0.2) is 18.2 Å². The lowest BCUT2D eigenvalue weighted by Crippen LogP contribution is -2.45. The molecule has 0 saturated carbocycles. The maximum absolute atomic E-state index is 6.41. The number of ether oxygens (including phenoxy) is 1. The summed E-state index contributed by atoms with van der Waals surface area (Å²) in [6.07, 6.45) is 3.27. The lowest BCUT2D eigenvalue weighted by atomic mass is 9.85. The summed E-state index contributed by atoms with van der Waals surface area (Å²) in [5.41, 5.74) is 2.72. The van der Waals surface area contributed by atoms with Crippen molar-refractivity contribution in [1.82, 2.24) is 10.2 Å².